The van der Waals surface area contributed by atoms with Gasteiger partial charge in [-0.05, 0) is 78.6 Å². The fourth-order valence-corrected chi connectivity index (χ4v) is 3.38. The van der Waals surface area contributed by atoms with Gasteiger partial charge in [0.1, 0.15) is 17.2 Å². The summed E-state index contributed by atoms with van der Waals surface area (Å²) >= 11 is 0. The summed E-state index contributed by atoms with van der Waals surface area (Å²) in [6, 6.07) is 18.8. The lowest BCUT2D eigenvalue weighted by Crippen LogP contribution is -2.14. The number of carbonyl (C=O) groups excluding carboxylic acids is 4. The molecule has 0 amide bonds. The Morgan fingerprint density at radius 2 is 1.35 bits per heavy atom. The van der Waals surface area contributed by atoms with Gasteiger partial charge < -0.3 is 18.9 Å². The van der Waals surface area contributed by atoms with E-state index in [1.54, 1.807) is 25.1 Å². The van der Waals surface area contributed by atoms with Crippen LogP contribution >= 0.6 is 0 Å². The number of methoxy groups -OCH3 is 1. The monoisotopic (exact) mass is 540 g/mol. The van der Waals surface area contributed by atoms with Crippen LogP contribution in [-0.4, -0.2) is 31.0 Å². The Bertz CT molecular complexity index is 1480. The van der Waals surface area contributed by atoms with Crippen LogP contribution in [0, 0.1) is 6.92 Å². The molecule has 8 nitrogen and oxygen atoms in total. The van der Waals surface area contributed by atoms with E-state index in [0.29, 0.717) is 17.2 Å². The van der Waals surface area contributed by atoms with Crippen molar-refractivity contribution in [3.63, 3.8) is 0 Å². The highest BCUT2D eigenvalue weighted by Crippen LogP contribution is 2.28. The molecule has 3 rings (SSSR count). The molecular formula is C32H28O8. The van der Waals surface area contributed by atoms with Crippen LogP contribution in [-0.2, 0) is 23.9 Å². The lowest BCUT2D eigenvalue weighted by molar-refractivity contribution is -0.141. The second-order valence-corrected chi connectivity index (χ2v) is 8.74. The largest absolute Gasteiger partial charge is 0.469 e. The predicted octanol–water partition coefficient (Wildman–Crippen LogP) is 5.79. The average molecular weight is 541 g/mol. The van der Waals surface area contributed by atoms with Gasteiger partial charge in [-0.2, -0.15) is 0 Å². The van der Waals surface area contributed by atoms with E-state index >= 15 is 0 Å². The fourth-order valence-electron chi connectivity index (χ4n) is 3.38. The molecule has 0 saturated carbocycles. The van der Waals surface area contributed by atoms with Crippen molar-refractivity contribution in [2.24, 2.45) is 0 Å². The Hall–Kier alpha value is -5.24. The van der Waals surface area contributed by atoms with Crippen LogP contribution in [0.4, 0.5) is 0 Å². The standard InChI is InChI=1S/C32H28O8/c1-20(2)31(35)39-26-13-11-25(12-14-26)38-29(33)17-8-23-6-9-24(10-7-23)28-16-15-27(18-21(28)3)40-32(36)22(4)19-30(34)37-5/h6-18H,1,4,19H2,2-3,5H3/b17-8+. The van der Waals surface area contributed by atoms with Crippen LogP contribution in [0.25, 0.3) is 17.2 Å². The Morgan fingerprint density at radius 3 is 1.93 bits per heavy atom. The molecule has 204 valence electrons. The molecule has 0 heterocycles. The molecule has 0 aliphatic rings. The molecule has 40 heavy (non-hydrogen) atoms. The molecule has 0 N–H and O–H groups in total. The topological polar surface area (TPSA) is 105 Å². The Balaban J connectivity index is 1.58. The normalized spacial score (nSPS) is 10.5. The molecule has 0 aliphatic heterocycles. The molecule has 0 fully saturated rings. The SMILES string of the molecule is C=C(C)C(=O)Oc1ccc(OC(=O)/C=C/c2ccc(-c3ccc(OC(=O)C(=C)CC(=O)OC)cc3C)cc2)cc1. The summed E-state index contributed by atoms with van der Waals surface area (Å²) in [6.07, 6.45) is 2.70. The summed E-state index contributed by atoms with van der Waals surface area (Å²) in [7, 11) is 1.23. The molecule has 0 bridgehead atoms. The second-order valence-electron chi connectivity index (χ2n) is 8.74. The summed E-state index contributed by atoms with van der Waals surface area (Å²) in [5.74, 6) is -1.42. The third-order valence-electron chi connectivity index (χ3n) is 5.52. The molecule has 3 aromatic rings. The predicted molar refractivity (Wildman–Crippen MR) is 150 cm³/mol. The Labute approximate surface area is 232 Å². The summed E-state index contributed by atoms with van der Waals surface area (Å²) in [5, 5.41) is 0. The molecule has 0 spiro atoms. The first-order chi connectivity index (χ1) is 19.0. The van der Waals surface area contributed by atoms with Gasteiger partial charge in [-0.15, -0.1) is 0 Å². The van der Waals surface area contributed by atoms with E-state index in [1.807, 2.05) is 37.3 Å². The van der Waals surface area contributed by atoms with Crippen LogP contribution in [0.3, 0.4) is 0 Å². The number of rotatable bonds is 10. The number of aryl methyl sites for hydroxylation is 1. The van der Waals surface area contributed by atoms with Crippen molar-refractivity contribution < 1.29 is 38.1 Å². The molecule has 0 radical (unpaired) electrons. The van der Waals surface area contributed by atoms with E-state index in [0.717, 1.165) is 22.3 Å². The van der Waals surface area contributed by atoms with Crippen molar-refractivity contribution in [1.29, 1.82) is 0 Å². The lowest BCUT2D eigenvalue weighted by atomic mass is 9.99. The van der Waals surface area contributed by atoms with Crippen molar-refractivity contribution in [3.8, 4) is 28.4 Å². The van der Waals surface area contributed by atoms with Crippen molar-refractivity contribution in [2.75, 3.05) is 7.11 Å². The third-order valence-corrected chi connectivity index (χ3v) is 5.52. The zero-order chi connectivity index (χ0) is 29.2. The number of esters is 4. The number of hydrogen-bond acceptors (Lipinski definition) is 8. The lowest BCUT2D eigenvalue weighted by Gasteiger charge is -2.10. The molecule has 0 aliphatic carbocycles. The van der Waals surface area contributed by atoms with E-state index in [2.05, 4.69) is 17.9 Å². The highest BCUT2D eigenvalue weighted by molar-refractivity contribution is 5.94. The van der Waals surface area contributed by atoms with Gasteiger partial charge in [0.25, 0.3) is 0 Å². The van der Waals surface area contributed by atoms with Crippen molar-refractivity contribution in [3.05, 3.63) is 108 Å². The summed E-state index contributed by atoms with van der Waals surface area (Å²) in [4.78, 5) is 47.3. The van der Waals surface area contributed by atoms with Crippen LogP contribution < -0.4 is 14.2 Å². The quantitative estimate of drug-likeness (QED) is 0.181. The first-order valence-corrected chi connectivity index (χ1v) is 12.1. The van der Waals surface area contributed by atoms with Crippen LogP contribution in [0.1, 0.15) is 24.5 Å². The van der Waals surface area contributed by atoms with Gasteiger partial charge in [0, 0.05) is 17.2 Å². The summed E-state index contributed by atoms with van der Waals surface area (Å²) in [5.41, 5.74) is 3.80. The van der Waals surface area contributed by atoms with Crippen molar-refractivity contribution in [1.82, 2.24) is 0 Å². The minimum Gasteiger partial charge on any atom is -0.469 e. The Kier molecular flexibility index (Phi) is 9.91. The first-order valence-electron chi connectivity index (χ1n) is 12.1. The summed E-state index contributed by atoms with van der Waals surface area (Å²) < 4.78 is 20.2. The maximum atomic E-state index is 12.2. The number of hydrogen-bond donors (Lipinski definition) is 0. The van der Waals surface area contributed by atoms with Gasteiger partial charge in [0.05, 0.1) is 13.5 Å². The molecule has 0 atom stereocenters. The maximum Gasteiger partial charge on any atom is 0.339 e. The highest BCUT2D eigenvalue weighted by Gasteiger charge is 2.15. The van der Waals surface area contributed by atoms with Gasteiger partial charge in [0.2, 0.25) is 0 Å². The van der Waals surface area contributed by atoms with E-state index in [-0.39, 0.29) is 17.6 Å². The number of carbonyl (C=O) groups is 4. The van der Waals surface area contributed by atoms with Crippen molar-refractivity contribution in [2.45, 2.75) is 20.3 Å². The number of benzene rings is 3. The highest BCUT2D eigenvalue weighted by atomic mass is 16.5. The van der Waals surface area contributed by atoms with E-state index in [1.165, 1.54) is 37.5 Å². The van der Waals surface area contributed by atoms with Crippen LogP contribution in [0.2, 0.25) is 0 Å². The minimum absolute atomic E-state index is 0.000571. The first kappa shape index (κ1) is 29.3. The zero-order valence-electron chi connectivity index (χ0n) is 22.4. The van der Waals surface area contributed by atoms with Crippen LogP contribution in [0.5, 0.6) is 17.2 Å². The second kappa shape index (κ2) is 13.5. The average Bonchev–Trinajstić information content (AvgIpc) is 2.93. The zero-order valence-corrected chi connectivity index (χ0v) is 22.4. The molecule has 0 unspecified atom stereocenters. The van der Waals surface area contributed by atoms with E-state index in [9.17, 15) is 19.2 Å². The smallest absolute Gasteiger partial charge is 0.339 e. The third kappa shape index (κ3) is 8.39. The maximum absolute atomic E-state index is 12.2. The molecule has 0 aromatic heterocycles. The van der Waals surface area contributed by atoms with Gasteiger partial charge >= 0.3 is 23.9 Å². The van der Waals surface area contributed by atoms with Gasteiger partial charge in [0.15, 0.2) is 0 Å². The number of ether oxygens (including phenoxy) is 4. The minimum atomic E-state index is -0.701. The van der Waals surface area contributed by atoms with Gasteiger partial charge in [-0.25, -0.2) is 14.4 Å². The fraction of sp³-hybridized carbons (Fsp3) is 0.125. The molecule has 3 aromatic carbocycles. The van der Waals surface area contributed by atoms with Gasteiger partial charge in [-0.1, -0.05) is 43.5 Å². The molecule has 8 heteroatoms. The molecule has 0 saturated heterocycles. The Morgan fingerprint density at radius 1 is 0.775 bits per heavy atom. The van der Waals surface area contributed by atoms with E-state index in [4.69, 9.17) is 14.2 Å². The van der Waals surface area contributed by atoms with Gasteiger partial charge in [-0.3, -0.25) is 4.79 Å². The van der Waals surface area contributed by atoms with E-state index < -0.39 is 23.9 Å². The summed E-state index contributed by atoms with van der Waals surface area (Å²) in [6.45, 7) is 10.5. The molecular weight excluding hydrogens is 512 g/mol. The van der Waals surface area contributed by atoms with Crippen LogP contribution in [0.15, 0.2) is 97.1 Å². The van der Waals surface area contributed by atoms with Crippen molar-refractivity contribution >= 4 is 30.0 Å².